The van der Waals surface area contributed by atoms with Gasteiger partial charge in [-0.1, -0.05) is 19.3 Å². The zero-order valence-electron chi connectivity index (χ0n) is 8.29. The third-order valence-electron chi connectivity index (χ3n) is 2.55. The molecule has 0 amide bonds. The Morgan fingerprint density at radius 3 is 2.58 bits per heavy atom. The molecule has 0 spiro atoms. The second-order valence-corrected chi connectivity index (χ2v) is 3.63. The summed E-state index contributed by atoms with van der Waals surface area (Å²) >= 11 is 0. The van der Waals surface area contributed by atoms with E-state index in [1.807, 2.05) is 6.34 Å². The van der Waals surface area contributed by atoms with Crippen molar-refractivity contribution in [2.45, 2.75) is 45.1 Å². The van der Waals surface area contributed by atoms with Gasteiger partial charge < -0.3 is 4.90 Å². The molecular formula is C10H20N2. The Morgan fingerprint density at radius 2 is 2.00 bits per heavy atom. The van der Waals surface area contributed by atoms with E-state index in [9.17, 15) is 0 Å². The van der Waals surface area contributed by atoms with Crippen molar-refractivity contribution in [1.82, 2.24) is 4.90 Å². The topological polar surface area (TPSA) is 15.6 Å². The molecule has 1 aliphatic carbocycles. The molecule has 0 heterocycles. The smallest absolute Gasteiger partial charge is 0.0850 e. The van der Waals surface area contributed by atoms with Gasteiger partial charge in [0.15, 0.2) is 0 Å². The lowest BCUT2D eigenvalue weighted by Gasteiger charge is -2.18. The minimum atomic E-state index is 0.618. The van der Waals surface area contributed by atoms with Gasteiger partial charge in [-0.25, -0.2) is 0 Å². The van der Waals surface area contributed by atoms with Crippen molar-refractivity contribution in [3.05, 3.63) is 0 Å². The molecular weight excluding hydrogens is 148 g/mol. The number of aliphatic imine (C=N–C) groups is 1. The molecule has 1 saturated carbocycles. The number of nitrogens with zero attached hydrogens (tertiary/aromatic N) is 2. The first-order valence-corrected chi connectivity index (χ1v) is 5.06. The van der Waals surface area contributed by atoms with Crippen LogP contribution in [0.1, 0.15) is 39.0 Å². The molecule has 0 radical (unpaired) electrons. The van der Waals surface area contributed by atoms with E-state index in [0.29, 0.717) is 6.04 Å². The van der Waals surface area contributed by atoms with Crippen LogP contribution in [0, 0.1) is 0 Å². The van der Waals surface area contributed by atoms with E-state index in [0.717, 1.165) is 6.54 Å². The Hall–Kier alpha value is -0.530. The summed E-state index contributed by atoms with van der Waals surface area (Å²) in [7, 11) is 2.08. The summed E-state index contributed by atoms with van der Waals surface area (Å²) in [5, 5.41) is 0. The van der Waals surface area contributed by atoms with E-state index in [-0.39, 0.29) is 0 Å². The molecule has 1 rings (SSSR count). The van der Waals surface area contributed by atoms with Gasteiger partial charge in [0, 0.05) is 13.6 Å². The average molecular weight is 168 g/mol. The predicted molar refractivity (Wildman–Crippen MR) is 53.7 cm³/mol. The van der Waals surface area contributed by atoms with E-state index in [1.54, 1.807) is 0 Å². The van der Waals surface area contributed by atoms with Crippen molar-refractivity contribution in [2.24, 2.45) is 4.99 Å². The van der Waals surface area contributed by atoms with Crippen LogP contribution in [0.3, 0.4) is 0 Å². The van der Waals surface area contributed by atoms with E-state index in [2.05, 4.69) is 23.9 Å². The van der Waals surface area contributed by atoms with Gasteiger partial charge in [-0.05, 0) is 19.8 Å². The first kappa shape index (κ1) is 9.56. The SMILES string of the molecule is CCN(C)C=NC1CCCCC1. The van der Waals surface area contributed by atoms with Gasteiger partial charge in [0.1, 0.15) is 0 Å². The fourth-order valence-corrected chi connectivity index (χ4v) is 1.52. The molecule has 0 aromatic heterocycles. The van der Waals surface area contributed by atoms with Crippen molar-refractivity contribution in [2.75, 3.05) is 13.6 Å². The zero-order valence-corrected chi connectivity index (χ0v) is 8.29. The average Bonchev–Trinajstić information content (AvgIpc) is 2.16. The van der Waals surface area contributed by atoms with Crippen molar-refractivity contribution in [3.63, 3.8) is 0 Å². The van der Waals surface area contributed by atoms with E-state index in [1.165, 1.54) is 32.1 Å². The predicted octanol–water partition coefficient (Wildman–Crippen LogP) is 2.30. The van der Waals surface area contributed by atoms with E-state index in [4.69, 9.17) is 0 Å². The summed E-state index contributed by atoms with van der Waals surface area (Å²) in [6.07, 6.45) is 8.75. The second kappa shape index (κ2) is 5.18. The number of hydrogen-bond donors (Lipinski definition) is 0. The minimum Gasteiger partial charge on any atom is -0.366 e. The molecule has 12 heavy (non-hydrogen) atoms. The minimum absolute atomic E-state index is 0.618. The maximum Gasteiger partial charge on any atom is 0.0850 e. The van der Waals surface area contributed by atoms with Gasteiger partial charge in [0.05, 0.1) is 12.4 Å². The standard InChI is InChI=1S/C10H20N2/c1-3-12(2)9-11-10-7-5-4-6-8-10/h9-10H,3-8H2,1-2H3. The molecule has 2 nitrogen and oxygen atoms in total. The Bertz CT molecular complexity index is 137. The lowest BCUT2D eigenvalue weighted by atomic mass is 9.96. The second-order valence-electron chi connectivity index (χ2n) is 3.63. The largest absolute Gasteiger partial charge is 0.366 e. The molecule has 0 atom stereocenters. The summed E-state index contributed by atoms with van der Waals surface area (Å²) in [4.78, 5) is 6.69. The summed E-state index contributed by atoms with van der Waals surface area (Å²) in [6.45, 7) is 3.20. The molecule has 2 heteroatoms. The fourth-order valence-electron chi connectivity index (χ4n) is 1.52. The normalized spacial score (nSPS) is 20.2. The Kier molecular flexibility index (Phi) is 4.12. The van der Waals surface area contributed by atoms with Gasteiger partial charge in [-0.3, -0.25) is 4.99 Å². The van der Waals surface area contributed by atoms with E-state index < -0.39 is 0 Å². The highest BCUT2D eigenvalue weighted by molar-refractivity contribution is 5.54. The Morgan fingerprint density at radius 1 is 1.33 bits per heavy atom. The van der Waals surface area contributed by atoms with Crippen LogP contribution in [-0.4, -0.2) is 30.9 Å². The molecule has 0 bridgehead atoms. The molecule has 0 aromatic carbocycles. The van der Waals surface area contributed by atoms with Crippen molar-refractivity contribution in [1.29, 1.82) is 0 Å². The molecule has 0 unspecified atom stereocenters. The lowest BCUT2D eigenvalue weighted by molar-refractivity contribution is 0.437. The molecule has 70 valence electrons. The highest BCUT2D eigenvalue weighted by Gasteiger charge is 2.10. The molecule has 0 saturated heterocycles. The first-order valence-electron chi connectivity index (χ1n) is 5.06. The Balaban J connectivity index is 2.23. The Labute approximate surface area is 75.7 Å². The first-order chi connectivity index (χ1) is 5.83. The lowest BCUT2D eigenvalue weighted by Crippen LogP contribution is -2.18. The van der Waals surface area contributed by atoms with Crippen LogP contribution in [0.5, 0.6) is 0 Å². The van der Waals surface area contributed by atoms with Crippen molar-refractivity contribution in [3.8, 4) is 0 Å². The number of hydrogen-bond acceptors (Lipinski definition) is 1. The molecule has 0 N–H and O–H groups in total. The van der Waals surface area contributed by atoms with Crippen LogP contribution < -0.4 is 0 Å². The fraction of sp³-hybridized carbons (Fsp3) is 0.900. The van der Waals surface area contributed by atoms with Crippen LogP contribution in [0.2, 0.25) is 0 Å². The molecule has 0 aliphatic heterocycles. The van der Waals surface area contributed by atoms with Gasteiger partial charge in [0.25, 0.3) is 0 Å². The summed E-state index contributed by atoms with van der Waals surface area (Å²) in [6, 6.07) is 0.618. The third-order valence-corrected chi connectivity index (χ3v) is 2.55. The maximum absolute atomic E-state index is 4.55. The van der Waals surface area contributed by atoms with E-state index >= 15 is 0 Å². The zero-order chi connectivity index (χ0) is 8.81. The molecule has 1 aliphatic rings. The molecule has 1 fully saturated rings. The van der Waals surface area contributed by atoms with Crippen molar-refractivity contribution < 1.29 is 0 Å². The van der Waals surface area contributed by atoms with Crippen molar-refractivity contribution >= 4 is 6.34 Å². The van der Waals surface area contributed by atoms with Crippen LogP contribution >= 0.6 is 0 Å². The van der Waals surface area contributed by atoms with Gasteiger partial charge >= 0.3 is 0 Å². The van der Waals surface area contributed by atoms with Crippen LogP contribution in [0.25, 0.3) is 0 Å². The summed E-state index contributed by atoms with van der Waals surface area (Å²) in [5.74, 6) is 0. The van der Waals surface area contributed by atoms with Gasteiger partial charge in [0.2, 0.25) is 0 Å². The van der Waals surface area contributed by atoms with Crippen LogP contribution in [-0.2, 0) is 0 Å². The summed E-state index contributed by atoms with van der Waals surface area (Å²) < 4.78 is 0. The van der Waals surface area contributed by atoms with Gasteiger partial charge in [-0.2, -0.15) is 0 Å². The highest BCUT2D eigenvalue weighted by atomic mass is 15.1. The quantitative estimate of drug-likeness (QED) is 0.466. The van der Waals surface area contributed by atoms with Gasteiger partial charge in [-0.15, -0.1) is 0 Å². The monoisotopic (exact) mass is 168 g/mol. The number of rotatable bonds is 3. The summed E-state index contributed by atoms with van der Waals surface area (Å²) in [5.41, 5.74) is 0. The highest BCUT2D eigenvalue weighted by Crippen LogP contribution is 2.19. The van der Waals surface area contributed by atoms with Crippen LogP contribution in [0.4, 0.5) is 0 Å². The maximum atomic E-state index is 4.55. The van der Waals surface area contributed by atoms with Crippen LogP contribution in [0.15, 0.2) is 4.99 Å². The third kappa shape index (κ3) is 3.24. The molecule has 0 aromatic rings.